The molecule has 8 heteroatoms. The van der Waals surface area contributed by atoms with Gasteiger partial charge in [0.05, 0.1) is 18.0 Å². The molecule has 3 aromatic rings. The van der Waals surface area contributed by atoms with Gasteiger partial charge in [0.1, 0.15) is 0 Å². The first-order valence-electron chi connectivity index (χ1n) is 6.85. The van der Waals surface area contributed by atoms with Crippen molar-refractivity contribution in [3.05, 3.63) is 39.8 Å². The smallest absolute Gasteiger partial charge is 0.226 e. The minimum absolute atomic E-state index is 0.137. The lowest BCUT2D eigenvalue weighted by molar-refractivity contribution is 0.612. The second-order valence-corrected chi connectivity index (χ2v) is 6.48. The standard InChI is InChI=1S/C15H12BrClN6/c1-8(2)23-7-19-12-13(21-15(17)22-14(12)23)20-11-4-9(6-18)3-10(16)5-11/h3-5,7-8H,1-2H3,(H,20,21,22). The molecule has 3 rings (SSSR count). The Balaban J connectivity index is 2.10. The largest absolute Gasteiger partial charge is 0.338 e. The Bertz CT molecular complexity index is 928. The second kappa shape index (κ2) is 6.14. The number of aromatic nitrogens is 4. The van der Waals surface area contributed by atoms with Crippen molar-refractivity contribution in [3.63, 3.8) is 0 Å². The summed E-state index contributed by atoms with van der Waals surface area (Å²) < 4.78 is 2.72. The van der Waals surface area contributed by atoms with Crippen LogP contribution in [0.1, 0.15) is 25.5 Å². The number of anilines is 2. The predicted molar refractivity (Wildman–Crippen MR) is 92.9 cm³/mol. The monoisotopic (exact) mass is 390 g/mol. The molecule has 1 N–H and O–H groups in total. The van der Waals surface area contributed by atoms with Gasteiger partial charge in [-0.2, -0.15) is 15.2 Å². The molecule has 0 saturated carbocycles. The van der Waals surface area contributed by atoms with Gasteiger partial charge in [-0.05, 0) is 43.6 Å². The van der Waals surface area contributed by atoms with Crippen LogP contribution in [-0.2, 0) is 0 Å². The predicted octanol–water partition coefficient (Wildman–Crippen LogP) is 4.44. The van der Waals surface area contributed by atoms with E-state index in [1.807, 2.05) is 24.5 Å². The molecule has 0 unspecified atom stereocenters. The molecule has 0 aliphatic heterocycles. The molecule has 0 atom stereocenters. The van der Waals surface area contributed by atoms with Gasteiger partial charge < -0.3 is 9.88 Å². The lowest BCUT2D eigenvalue weighted by atomic mass is 10.2. The maximum atomic E-state index is 9.07. The van der Waals surface area contributed by atoms with Gasteiger partial charge in [-0.3, -0.25) is 0 Å². The van der Waals surface area contributed by atoms with Gasteiger partial charge in [-0.15, -0.1) is 0 Å². The van der Waals surface area contributed by atoms with E-state index in [1.54, 1.807) is 18.5 Å². The molecule has 23 heavy (non-hydrogen) atoms. The molecule has 0 amide bonds. The summed E-state index contributed by atoms with van der Waals surface area (Å²) in [6, 6.07) is 7.63. The minimum Gasteiger partial charge on any atom is -0.338 e. The van der Waals surface area contributed by atoms with Crippen LogP contribution in [0, 0.1) is 11.3 Å². The van der Waals surface area contributed by atoms with Crippen LogP contribution in [0.4, 0.5) is 11.5 Å². The average molecular weight is 392 g/mol. The summed E-state index contributed by atoms with van der Waals surface area (Å²) in [5.41, 5.74) is 2.54. The maximum absolute atomic E-state index is 9.07. The molecule has 1 aromatic carbocycles. The first-order chi connectivity index (χ1) is 11.0. The van der Waals surface area contributed by atoms with E-state index >= 15 is 0 Å². The normalized spacial score (nSPS) is 11.0. The Morgan fingerprint density at radius 2 is 2.09 bits per heavy atom. The Morgan fingerprint density at radius 1 is 1.30 bits per heavy atom. The highest BCUT2D eigenvalue weighted by Gasteiger charge is 2.14. The summed E-state index contributed by atoms with van der Waals surface area (Å²) in [5, 5.41) is 12.4. The highest BCUT2D eigenvalue weighted by molar-refractivity contribution is 9.10. The SMILES string of the molecule is CC(C)n1cnc2c(Nc3cc(Br)cc(C#N)c3)nc(Cl)nc21. The van der Waals surface area contributed by atoms with E-state index in [0.29, 0.717) is 28.2 Å². The van der Waals surface area contributed by atoms with Gasteiger partial charge in [0.15, 0.2) is 17.0 Å². The number of nitrogens with zero attached hydrogens (tertiary/aromatic N) is 5. The molecule has 116 valence electrons. The van der Waals surface area contributed by atoms with Gasteiger partial charge in [-0.25, -0.2) is 4.98 Å². The molecule has 0 spiro atoms. The van der Waals surface area contributed by atoms with E-state index in [4.69, 9.17) is 16.9 Å². The fourth-order valence-corrected chi connectivity index (χ4v) is 2.88. The summed E-state index contributed by atoms with van der Waals surface area (Å²) in [6.07, 6.45) is 1.72. The first kappa shape index (κ1) is 15.7. The van der Waals surface area contributed by atoms with Crippen molar-refractivity contribution in [1.82, 2.24) is 19.5 Å². The van der Waals surface area contributed by atoms with Crippen LogP contribution in [-0.4, -0.2) is 19.5 Å². The van der Waals surface area contributed by atoms with Gasteiger partial charge in [-0.1, -0.05) is 15.9 Å². The summed E-state index contributed by atoms with van der Waals surface area (Å²) in [4.78, 5) is 12.9. The molecule has 0 aliphatic rings. The summed E-state index contributed by atoms with van der Waals surface area (Å²) in [7, 11) is 0. The first-order valence-corrected chi connectivity index (χ1v) is 8.03. The zero-order valence-electron chi connectivity index (χ0n) is 12.4. The van der Waals surface area contributed by atoms with Crippen molar-refractivity contribution < 1.29 is 0 Å². The number of hydrogen-bond donors (Lipinski definition) is 1. The molecular weight excluding hydrogens is 380 g/mol. The second-order valence-electron chi connectivity index (χ2n) is 5.22. The Hall–Kier alpha value is -2.17. The number of rotatable bonds is 3. The van der Waals surface area contributed by atoms with Crippen molar-refractivity contribution >= 4 is 50.2 Å². The van der Waals surface area contributed by atoms with Crippen molar-refractivity contribution in [2.45, 2.75) is 19.9 Å². The third kappa shape index (κ3) is 3.14. The van der Waals surface area contributed by atoms with E-state index in [2.05, 4.69) is 42.3 Å². The molecular formula is C15H12BrClN6. The number of nitriles is 1. The van der Waals surface area contributed by atoms with Crippen LogP contribution >= 0.6 is 27.5 Å². The van der Waals surface area contributed by atoms with E-state index in [0.717, 1.165) is 4.47 Å². The molecule has 0 saturated heterocycles. The lowest BCUT2D eigenvalue weighted by Gasteiger charge is -2.10. The third-order valence-electron chi connectivity index (χ3n) is 3.24. The highest BCUT2D eigenvalue weighted by Crippen LogP contribution is 2.27. The quantitative estimate of drug-likeness (QED) is 0.668. The molecule has 2 aromatic heterocycles. The van der Waals surface area contributed by atoms with Crippen LogP contribution in [0.2, 0.25) is 5.28 Å². The number of imidazole rings is 1. The third-order valence-corrected chi connectivity index (χ3v) is 3.87. The average Bonchev–Trinajstić information content (AvgIpc) is 2.90. The fourth-order valence-electron chi connectivity index (χ4n) is 2.22. The maximum Gasteiger partial charge on any atom is 0.226 e. The van der Waals surface area contributed by atoms with E-state index in [1.165, 1.54) is 0 Å². The summed E-state index contributed by atoms with van der Waals surface area (Å²) in [5.74, 6) is 0.501. The minimum atomic E-state index is 0.137. The van der Waals surface area contributed by atoms with Crippen molar-refractivity contribution in [2.24, 2.45) is 0 Å². The van der Waals surface area contributed by atoms with E-state index in [-0.39, 0.29) is 11.3 Å². The number of benzene rings is 1. The van der Waals surface area contributed by atoms with Crippen molar-refractivity contribution in [1.29, 1.82) is 5.26 Å². The Morgan fingerprint density at radius 3 is 2.78 bits per heavy atom. The fraction of sp³-hybridized carbons (Fsp3) is 0.200. The molecule has 6 nitrogen and oxygen atoms in total. The van der Waals surface area contributed by atoms with Gasteiger partial charge in [0, 0.05) is 16.2 Å². The van der Waals surface area contributed by atoms with Gasteiger partial charge in [0.25, 0.3) is 0 Å². The van der Waals surface area contributed by atoms with Crippen LogP contribution in [0.15, 0.2) is 29.0 Å². The van der Waals surface area contributed by atoms with Gasteiger partial charge >= 0.3 is 0 Å². The van der Waals surface area contributed by atoms with Crippen LogP contribution < -0.4 is 5.32 Å². The molecule has 0 bridgehead atoms. The number of hydrogen-bond acceptors (Lipinski definition) is 5. The van der Waals surface area contributed by atoms with Crippen LogP contribution in [0.25, 0.3) is 11.2 Å². The molecule has 2 heterocycles. The molecule has 0 aliphatic carbocycles. The van der Waals surface area contributed by atoms with Gasteiger partial charge in [0.2, 0.25) is 5.28 Å². The number of fused-ring (bicyclic) bond motifs is 1. The van der Waals surface area contributed by atoms with Crippen molar-refractivity contribution in [2.75, 3.05) is 5.32 Å². The Kier molecular flexibility index (Phi) is 4.20. The zero-order chi connectivity index (χ0) is 16.6. The van der Waals surface area contributed by atoms with Crippen LogP contribution in [0.3, 0.4) is 0 Å². The molecule has 0 fully saturated rings. The van der Waals surface area contributed by atoms with E-state index in [9.17, 15) is 0 Å². The van der Waals surface area contributed by atoms with Crippen molar-refractivity contribution in [3.8, 4) is 6.07 Å². The number of halogens is 2. The summed E-state index contributed by atoms with van der Waals surface area (Å²) in [6.45, 7) is 4.08. The number of nitrogens with one attached hydrogen (secondary N) is 1. The molecule has 0 radical (unpaired) electrons. The Labute approximate surface area is 146 Å². The lowest BCUT2D eigenvalue weighted by Crippen LogP contribution is -2.02. The van der Waals surface area contributed by atoms with E-state index < -0.39 is 0 Å². The highest BCUT2D eigenvalue weighted by atomic mass is 79.9. The van der Waals surface area contributed by atoms with Crippen LogP contribution in [0.5, 0.6) is 0 Å². The zero-order valence-corrected chi connectivity index (χ0v) is 14.7. The topological polar surface area (TPSA) is 79.4 Å². The summed E-state index contributed by atoms with van der Waals surface area (Å²) >= 11 is 9.43.